The smallest absolute Gasteiger partial charge is 0.289 e. The minimum Gasteiger partial charge on any atom is -0.353 e. The number of benzene rings is 1. The summed E-state index contributed by atoms with van der Waals surface area (Å²) in [6, 6.07) is 7.24. The Bertz CT molecular complexity index is 1060. The van der Waals surface area contributed by atoms with Gasteiger partial charge in [0.05, 0.1) is 18.4 Å². The number of nitrogens with zero attached hydrogens (tertiary/aromatic N) is 1. The number of halogens is 2. The highest BCUT2D eigenvalue weighted by Gasteiger charge is 2.52. The fraction of sp³-hybridized carbons (Fsp3) is 0.435. The molecule has 2 aromatic rings. The highest BCUT2D eigenvalue weighted by atomic mass is 32.1. The summed E-state index contributed by atoms with van der Waals surface area (Å²) in [5.74, 6) is -6.62. The second-order valence-corrected chi connectivity index (χ2v) is 9.62. The van der Waals surface area contributed by atoms with E-state index in [2.05, 4.69) is 20.9 Å². The number of ketones is 1. The van der Waals surface area contributed by atoms with Crippen molar-refractivity contribution in [2.45, 2.75) is 50.2 Å². The Balaban J connectivity index is 1.34. The maximum Gasteiger partial charge on any atom is 0.289 e. The van der Waals surface area contributed by atoms with Gasteiger partial charge >= 0.3 is 0 Å². The van der Waals surface area contributed by atoms with Crippen LogP contribution in [-0.4, -0.2) is 46.5 Å². The molecular weight excluding hydrogens is 466 g/mol. The molecule has 2 aliphatic rings. The van der Waals surface area contributed by atoms with E-state index in [4.69, 9.17) is 0 Å². The van der Waals surface area contributed by atoms with Crippen molar-refractivity contribution < 1.29 is 28.0 Å². The SMILES string of the molecule is O=C(NCc1nccs1)C(=O)[C@@H](Cc1ccccc1)NC(=O)C1CC1C(=O)NC1CC(F)(F)C1. The van der Waals surface area contributed by atoms with E-state index in [1.807, 2.05) is 6.07 Å². The van der Waals surface area contributed by atoms with Crippen molar-refractivity contribution in [3.05, 3.63) is 52.5 Å². The number of nitrogens with one attached hydrogen (secondary N) is 3. The van der Waals surface area contributed by atoms with Crippen molar-refractivity contribution in [3.8, 4) is 0 Å². The number of hydrogen-bond acceptors (Lipinski definition) is 6. The number of carbonyl (C=O) groups is 4. The molecule has 0 bridgehead atoms. The van der Waals surface area contributed by atoms with Crippen molar-refractivity contribution in [1.29, 1.82) is 0 Å². The zero-order valence-corrected chi connectivity index (χ0v) is 18.9. The standard InChI is InChI=1S/C23H24F2N4O4S/c24-23(25)10-14(11-23)28-20(31)15-9-16(15)21(32)29-17(8-13-4-2-1-3-5-13)19(30)22(33)27-12-18-26-6-7-34-18/h1-7,14-17H,8-12H2,(H,27,33)(H,28,31)(H,29,32)/t15?,16?,17-/m1/s1. The number of Topliss-reactive ketones (excluding diaryl/α,β-unsaturated/α-hetero) is 1. The zero-order valence-electron chi connectivity index (χ0n) is 18.1. The van der Waals surface area contributed by atoms with Gasteiger partial charge in [0, 0.05) is 36.9 Å². The molecule has 3 atom stereocenters. The largest absolute Gasteiger partial charge is 0.353 e. The van der Waals surface area contributed by atoms with E-state index in [9.17, 15) is 28.0 Å². The zero-order chi connectivity index (χ0) is 24.3. The van der Waals surface area contributed by atoms with Crippen molar-refractivity contribution in [2.75, 3.05) is 0 Å². The Morgan fingerprint density at radius 3 is 2.44 bits per heavy atom. The van der Waals surface area contributed by atoms with Crippen LogP contribution in [0, 0.1) is 11.8 Å². The van der Waals surface area contributed by atoms with Gasteiger partial charge in [-0.2, -0.15) is 0 Å². The minimum absolute atomic E-state index is 0.0966. The van der Waals surface area contributed by atoms with Crippen LogP contribution < -0.4 is 16.0 Å². The van der Waals surface area contributed by atoms with Crippen LogP contribution in [0.5, 0.6) is 0 Å². The number of thiazole rings is 1. The lowest BCUT2D eigenvalue weighted by Crippen LogP contribution is -2.51. The summed E-state index contributed by atoms with van der Waals surface area (Å²) in [4.78, 5) is 54.4. The predicted octanol–water partition coefficient (Wildman–Crippen LogP) is 1.61. The first-order valence-corrected chi connectivity index (χ1v) is 11.8. The average Bonchev–Trinajstić information content (AvgIpc) is 3.43. The molecule has 0 aliphatic heterocycles. The van der Waals surface area contributed by atoms with Crippen molar-refractivity contribution in [3.63, 3.8) is 0 Å². The Hall–Kier alpha value is -3.21. The molecule has 1 aromatic heterocycles. The molecule has 2 aliphatic carbocycles. The van der Waals surface area contributed by atoms with Crippen LogP contribution in [0.1, 0.15) is 29.8 Å². The average molecular weight is 491 g/mol. The summed E-state index contributed by atoms with van der Waals surface area (Å²) in [6.07, 6.45) is 1.17. The van der Waals surface area contributed by atoms with Crippen molar-refractivity contribution in [1.82, 2.24) is 20.9 Å². The van der Waals surface area contributed by atoms with Crippen molar-refractivity contribution in [2.24, 2.45) is 11.8 Å². The van der Waals surface area contributed by atoms with E-state index in [1.165, 1.54) is 11.3 Å². The number of aromatic nitrogens is 1. The first kappa shape index (κ1) is 23.9. The molecule has 2 unspecified atom stereocenters. The van der Waals surface area contributed by atoms with Crippen LogP contribution in [0.25, 0.3) is 0 Å². The summed E-state index contributed by atoms with van der Waals surface area (Å²) < 4.78 is 26.0. The molecule has 180 valence electrons. The Labute approximate surface area is 198 Å². The molecule has 0 radical (unpaired) electrons. The van der Waals surface area contributed by atoms with Crippen LogP contribution in [0.4, 0.5) is 8.78 Å². The van der Waals surface area contributed by atoms with Crippen LogP contribution >= 0.6 is 11.3 Å². The Morgan fingerprint density at radius 2 is 1.79 bits per heavy atom. The predicted molar refractivity (Wildman–Crippen MR) is 119 cm³/mol. The minimum atomic E-state index is -2.75. The quantitative estimate of drug-likeness (QED) is 0.438. The monoisotopic (exact) mass is 490 g/mol. The van der Waals surface area contributed by atoms with Gasteiger partial charge in [-0.1, -0.05) is 30.3 Å². The van der Waals surface area contributed by atoms with Gasteiger partial charge in [0.1, 0.15) is 11.0 Å². The third kappa shape index (κ3) is 6.02. The molecular formula is C23H24F2N4O4S. The molecule has 0 saturated heterocycles. The molecule has 1 aromatic carbocycles. The summed E-state index contributed by atoms with van der Waals surface area (Å²) in [5, 5.41) is 10.1. The highest BCUT2D eigenvalue weighted by Crippen LogP contribution is 2.41. The number of rotatable bonds is 10. The van der Waals surface area contributed by atoms with E-state index >= 15 is 0 Å². The van der Waals surface area contributed by atoms with Gasteiger partial charge in [-0.3, -0.25) is 19.2 Å². The molecule has 2 fully saturated rings. The van der Waals surface area contributed by atoms with Crippen LogP contribution in [0.2, 0.25) is 0 Å². The van der Waals surface area contributed by atoms with Gasteiger partial charge in [0.25, 0.3) is 11.8 Å². The second-order valence-electron chi connectivity index (χ2n) is 8.64. The molecule has 1 heterocycles. The van der Waals surface area contributed by atoms with E-state index in [0.29, 0.717) is 5.01 Å². The molecule has 34 heavy (non-hydrogen) atoms. The van der Waals surface area contributed by atoms with E-state index in [-0.39, 0.29) is 19.4 Å². The summed E-state index contributed by atoms with van der Waals surface area (Å²) in [7, 11) is 0. The summed E-state index contributed by atoms with van der Waals surface area (Å²) in [5.41, 5.74) is 0.755. The Morgan fingerprint density at radius 1 is 1.09 bits per heavy atom. The normalized spacial score (nSPS) is 21.6. The van der Waals surface area contributed by atoms with Crippen LogP contribution in [-0.2, 0) is 32.1 Å². The maximum absolute atomic E-state index is 13.0. The lowest BCUT2D eigenvalue weighted by atomic mass is 9.88. The van der Waals surface area contributed by atoms with Crippen molar-refractivity contribution >= 4 is 34.8 Å². The molecule has 3 amide bonds. The third-order valence-electron chi connectivity index (χ3n) is 5.92. The molecule has 11 heteroatoms. The summed E-state index contributed by atoms with van der Waals surface area (Å²) >= 11 is 1.34. The second kappa shape index (κ2) is 9.96. The van der Waals surface area contributed by atoms with E-state index in [1.54, 1.807) is 35.8 Å². The molecule has 2 saturated carbocycles. The topological polar surface area (TPSA) is 117 Å². The number of carbonyl (C=O) groups excluding carboxylic acids is 4. The fourth-order valence-electron chi connectivity index (χ4n) is 3.93. The van der Waals surface area contributed by atoms with Gasteiger partial charge in [0.2, 0.25) is 17.6 Å². The number of amides is 3. The number of alkyl halides is 2. The Kier molecular flexibility index (Phi) is 7.01. The molecule has 4 rings (SSSR count). The fourth-order valence-corrected chi connectivity index (χ4v) is 4.48. The maximum atomic E-state index is 13.0. The van der Waals surface area contributed by atoms with Gasteiger partial charge in [0.15, 0.2) is 0 Å². The van der Waals surface area contributed by atoms with Gasteiger partial charge in [-0.05, 0) is 12.0 Å². The molecule has 0 spiro atoms. The highest BCUT2D eigenvalue weighted by molar-refractivity contribution is 7.09. The van der Waals surface area contributed by atoms with E-state index in [0.717, 1.165) is 5.56 Å². The van der Waals surface area contributed by atoms with Crippen LogP contribution in [0.15, 0.2) is 41.9 Å². The third-order valence-corrected chi connectivity index (χ3v) is 6.70. The lowest BCUT2D eigenvalue weighted by molar-refractivity contribution is -0.140. The first-order valence-electron chi connectivity index (χ1n) is 10.9. The lowest BCUT2D eigenvalue weighted by Gasteiger charge is -2.35. The number of hydrogen-bond donors (Lipinski definition) is 3. The summed E-state index contributed by atoms with van der Waals surface area (Å²) in [6.45, 7) is 0.0966. The first-order chi connectivity index (χ1) is 16.2. The van der Waals surface area contributed by atoms with Gasteiger partial charge in [-0.25, -0.2) is 13.8 Å². The van der Waals surface area contributed by atoms with E-state index < -0.39 is 66.2 Å². The molecule has 8 nitrogen and oxygen atoms in total. The van der Waals surface area contributed by atoms with Crippen LogP contribution in [0.3, 0.4) is 0 Å². The van der Waals surface area contributed by atoms with Gasteiger partial charge < -0.3 is 16.0 Å². The van der Waals surface area contributed by atoms with Gasteiger partial charge in [-0.15, -0.1) is 11.3 Å². The molecule has 3 N–H and O–H groups in total.